The van der Waals surface area contributed by atoms with E-state index < -0.39 is 0 Å². The van der Waals surface area contributed by atoms with Gasteiger partial charge in [-0.2, -0.15) is 0 Å². The molecule has 0 heterocycles. The van der Waals surface area contributed by atoms with Gasteiger partial charge in [0.15, 0.2) is 0 Å². The van der Waals surface area contributed by atoms with Crippen LogP contribution in [0.5, 0.6) is 0 Å². The molecule has 5 atom stereocenters. The summed E-state index contributed by atoms with van der Waals surface area (Å²) in [6, 6.07) is 21.1. The second-order valence-electron chi connectivity index (χ2n) is 9.02. The second-order valence-corrected chi connectivity index (χ2v) is 11.7. The molecule has 0 saturated heterocycles. The Hall–Kier alpha value is -1.41. The van der Waals surface area contributed by atoms with Gasteiger partial charge in [0.2, 0.25) is 0 Å². The number of rotatable bonds is 6. The summed E-state index contributed by atoms with van der Waals surface area (Å²) in [6.45, 7) is 6.86. The first-order chi connectivity index (χ1) is 13.4. The quantitative estimate of drug-likeness (QED) is 0.543. The molecule has 0 aliphatic heterocycles. The Kier molecular flexibility index (Phi) is 5.29. The van der Waals surface area contributed by atoms with Crippen LogP contribution in [-0.2, 0) is 9.53 Å². The summed E-state index contributed by atoms with van der Waals surface area (Å²) in [7, 11) is 1.80. The average molecular weight is 441 g/mol. The van der Waals surface area contributed by atoms with Crippen molar-refractivity contribution in [1.82, 2.24) is 0 Å². The number of ether oxygens (including phenoxy) is 1. The van der Waals surface area contributed by atoms with Crippen LogP contribution in [0.3, 0.4) is 0 Å². The van der Waals surface area contributed by atoms with Gasteiger partial charge in [-0.25, -0.2) is 0 Å². The molecule has 2 aromatic rings. The van der Waals surface area contributed by atoms with E-state index in [1.807, 2.05) is 6.07 Å². The van der Waals surface area contributed by atoms with Crippen LogP contribution in [0.1, 0.15) is 55.7 Å². The monoisotopic (exact) mass is 442 g/mol. The van der Waals surface area contributed by atoms with Gasteiger partial charge < -0.3 is 0 Å². The summed E-state index contributed by atoms with van der Waals surface area (Å²) in [4.78, 5) is 13.9. The minimum atomic E-state index is -0.152. The standard InChI is InChI=1S/C25H30O2Se/c1-24(2)19-15-16-25(24,3)23(26)22(19)28-21(18-13-9-6-10-14-18)20(27-4)17-11-7-5-8-12-17/h5-14,19-22H,15-16H2,1-4H3/t19-,20?,21?,22+,25+/m1/s1. The predicted molar refractivity (Wildman–Crippen MR) is 114 cm³/mol. The van der Waals surface area contributed by atoms with Crippen molar-refractivity contribution in [2.45, 2.75) is 49.3 Å². The van der Waals surface area contributed by atoms with Crippen LogP contribution in [0.15, 0.2) is 60.7 Å². The molecule has 28 heavy (non-hydrogen) atoms. The van der Waals surface area contributed by atoms with Crippen LogP contribution in [-0.4, -0.2) is 27.8 Å². The first-order valence-electron chi connectivity index (χ1n) is 10.2. The Labute approximate surface area is 175 Å². The van der Waals surface area contributed by atoms with Crippen molar-refractivity contribution in [3.63, 3.8) is 0 Å². The number of Topliss-reactive ketones (excluding diaryl/α,β-unsaturated/α-hetero) is 1. The molecule has 0 N–H and O–H groups in total. The van der Waals surface area contributed by atoms with Crippen LogP contribution in [0.25, 0.3) is 0 Å². The molecule has 0 spiro atoms. The van der Waals surface area contributed by atoms with Gasteiger partial charge >= 0.3 is 175 Å². The summed E-state index contributed by atoms with van der Waals surface area (Å²) in [5.74, 6) is 1.02. The Morgan fingerprint density at radius 2 is 1.54 bits per heavy atom. The third-order valence-corrected chi connectivity index (χ3v) is 11.0. The normalized spacial score (nSPS) is 30.4. The van der Waals surface area contributed by atoms with E-state index in [0.29, 0.717) is 11.7 Å². The van der Waals surface area contributed by atoms with Crippen LogP contribution in [0.2, 0.25) is 4.82 Å². The number of fused-ring (bicyclic) bond motifs is 2. The molecule has 0 aromatic heterocycles. The molecule has 0 radical (unpaired) electrons. The van der Waals surface area contributed by atoms with Gasteiger partial charge in [-0.3, -0.25) is 0 Å². The number of ketones is 1. The van der Waals surface area contributed by atoms with Gasteiger partial charge in [0, 0.05) is 0 Å². The molecule has 3 heteroatoms. The van der Waals surface area contributed by atoms with Crippen LogP contribution in [0, 0.1) is 16.7 Å². The molecule has 2 aliphatic rings. The molecular weight excluding hydrogens is 411 g/mol. The first kappa shape index (κ1) is 19.9. The predicted octanol–water partition coefficient (Wildman–Crippen LogP) is 5.63. The third-order valence-electron chi connectivity index (χ3n) is 7.55. The number of methoxy groups -OCH3 is 1. The Morgan fingerprint density at radius 1 is 0.964 bits per heavy atom. The minimum absolute atomic E-state index is 0.0218. The molecule has 2 aromatic carbocycles. The summed E-state index contributed by atoms with van der Waals surface area (Å²) in [5, 5.41) is 0. The van der Waals surface area contributed by atoms with E-state index in [-0.39, 0.29) is 41.5 Å². The Bertz CT molecular complexity index is 832. The summed E-state index contributed by atoms with van der Waals surface area (Å²) < 4.78 is 6.06. The Morgan fingerprint density at radius 3 is 2.04 bits per heavy atom. The molecule has 2 aliphatic carbocycles. The van der Waals surface area contributed by atoms with Gasteiger partial charge in [-0.15, -0.1) is 0 Å². The van der Waals surface area contributed by atoms with Gasteiger partial charge in [0.05, 0.1) is 0 Å². The van der Waals surface area contributed by atoms with E-state index >= 15 is 0 Å². The van der Waals surface area contributed by atoms with E-state index in [9.17, 15) is 4.79 Å². The summed E-state index contributed by atoms with van der Waals surface area (Å²) in [6.07, 6.45) is 2.22. The molecule has 2 fully saturated rings. The molecule has 2 saturated carbocycles. The number of benzene rings is 2. The molecule has 2 nitrogen and oxygen atoms in total. The van der Waals surface area contributed by atoms with Crippen molar-refractivity contribution in [3.8, 4) is 0 Å². The fourth-order valence-corrected chi connectivity index (χ4v) is 9.75. The maximum absolute atomic E-state index is 13.5. The summed E-state index contributed by atoms with van der Waals surface area (Å²) in [5.41, 5.74) is 2.44. The van der Waals surface area contributed by atoms with E-state index in [1.165, 1.54) is 17.5 Å². The average Bonchev–Trinajstić information content (AvgIpc) is 3.02. The zero-order valence-corrected chi connectivity index (χ0v) is 18.9. The van der Waals surface area contributed by atoms with Crippen molar-refractivity contribution >= 4 is 20.7 Å². The molecule has 0 amide bonds. The second kappa shape index (κ2) is 7.44. The van der Waals surface area contributed by atoms with E-state index in [4.69, 9.17) is 4.74 Å². The number of hydrogen-bond acceptors (Lipinski definition) is 2. The molecule has 4 rings (SSSR count). The van der Waals surface area contributed by atoms with Crippen LogP contribution >= 0.6 is 0 Å². The zero-order valence-electron chi connectivity index (χ0n) is 17.2. The van der Waals surface area contributed by atoms with Crippen LogP contribution in [0.4, 0.5) is 0 Å². The number of carbonyl (C=O) groups is 1. The zero-order chi connectivity index (χ0) is 19.9. The molecule has 2 bridgehead atoms. The van der Waals surface area contributed by atoms with Crippen molar-refractivity contribution < 1.29 is 9.53 Å². The van der Waals surface area contributed by atoms with Crippen molar-refractivity contribution in [2.75, 3.05) is 7.11 Å². The number of hydrogen-bond donors (Lipinski definition) is 0. The van der Waals surface area contributed by atoms with Gasteiger partial charge in [-0.1, -0.05) is 0 Å². The van der Waals surface area contributed by atoms with E-state index in [2.05, 4.69) is 75.4 Å². The van der Waals surface area contributed by atoms with Crippen LogP contribution < -0.4 is 0 Å². The first-order valence-corrected chi connectivity index (χ1v) is 12.2. The van der Waals surface area contributed by atoms with Gasteiger partial charge in [-0.05, 0) is 0 Å². The molecule has 148 valence electrons. The van der Waals surface area contributed by atoms with Crippen molar-refractivity contribution in [2.24, 2.45) is 16.7 Å². The Balaban J connectivity index is 1.71. The van der Waals surface area contributed by atoms with E-state index in [0.717, 1.165) is 6.42 Å². The maximum atomic E-state index is 13.5. The SMILES string of the molecule is COC(c1ccccc1)C([Se][C@@H]1C(=O)[C@]2(C)CC[C@H]1C2(C)C)c1ccccc1. The summed E-state index contributed by atoms with van der Waals surface area (Å²) >= 11 is 0.134. The van der Waals surface area contributed by atoms with Gasteiger partial charge in [0.1, 0.15) is 0 Å². The fourth-order valence-electron chi connectivity index (χ4n) is 5.36. The third kappa shape index (κ3) is 3.00. The van der Waals surface area contributed by atoms with E-state index in [1.54, 1.807) is 7.11 Å². The molecular formula is C25H30O2Se. The number of carbonyl (C=O) groups excluding carboxylic acids is 1. The topological polar surface area (TPSA) is 26.3 Å². The molecule has 2 unspecified atom stereocenters. The van der Waals surface area contributed by atoms with Crippen molar-refractivity contribution in [3.05, 3.63) is 71.8 Å². The van der Waals surface area contributed by atoms with Crippen molar-refractivity contribution in [1.29, 1.82) is 0 Å². The van der Waals surface area contributed by atoms with Gasteiger partial charge in [0.25, 0.3) is 0 Å². The fraction of sp³-hybridized carbons (Fsp3) is 0.480.